The molecule has 1 aromatic heterocycles. The van der Waals surface area contributed by atoms with Crippen molar-refractivity contribution >= 4 is 15.8 Å². The smallest absolute Gasteiger partial charge is 0.241 e. The zero-order chi connectivity index (χ0) is 17.9. The van der Waals surface area contributed by atoms with Gasteiger partial charge in [0.05, 0.1) is 16.6 Å². The first-order valence-electron chi connectivity index (χ1n) is 7.88. The molecule has 0 saturated carbocycles. The van der Waals surface area contributed by atoms with Crippen LogP contribution in [0.3, 0.4) is 0 Å². The number of nitrogens with zero attached hydrogens (tertiary/aromatic N) is 1. The molecule has 1 heterocycles. The van der Waals surface area contributed by atoms with Crippen LogP contribution in [0.15, 0.2) is 65.6 Å². The number of rotatable bonds is 6. The summed E-state index contributed by atoms with van der Waals surface area (Å²) in [7, 11) is -3.67. The molecule has 6 nitrogen and oxygen atoms in total. The Balaban J connectivity index is 1.90. The van der Waals surface area contributed by atoms with Gasteiger partial charge in [0.2, 0.25) is 10.0 Å². The molecule has 0 radical (unpaired) electrons. The Hall–Kier alpha value is -2.64. The number of benzene rings is 2. The molecule has 4 N–H and O–H groups in total. The molecule has 130 valence electrons. The number of hydrogen-bond acceptors (Lipinski definition) is 4. The van der Waals surface area contributed by atoms with E-state index in [-0.39, 0.29) is 4.90 Å². The van der Waals surface area contributed by atoms with Crippen LogP contribution >= 0.6 is 0 Å². The topological polar surface area (TPSA) is 101 Å². The summed E-state index contributed by atoms with van der Waals surface area (Å²) >= 11 is 0. The Labute approximate surface area is 147 Å². The van der Waals surface area contributed by atoms with Gasteiger partial charge in [-0.2, -0.15) is 5.10 Å². The fraction of sp³-hybridized carbons (Fsp3) is 0.167. The van der Waals surface area contributed by atoms with Gasteiger partial charge in [-0.3, -0.25) is 5.10 Å². The van der Waals surface area contributed by atoms with Crippen molar-refractivity contribution in [3.63, 3.8) is 0 Å². The molecule has 1 unspecified atom stereocenters. The van der Waals surface area contributed by atoms with E-state index >= 15 is 0 Å². The van der Waals surface area contributed by atoms with E-state index in [0.717, 1.165) is 11.1 Å². The number of aromatic amines is 1. The van der Waals surface area contributed by atoms with Gasteiger partial charge >= 0.3 is 0 Å². The highest BCUT2D eigenvalue weighted by Gasteiger charge is 2.23. The van der Waals surface area contributed by atoms with Gasteiger partial charge in [-0.05, 0) is 31.0 Å². The predicted molar refractivity (Wildman–Crippen MR) is 97.4 cm³/mol. The SMILES string of the molecule is Cc1ccc(S(=O)(=O)NC(Cc2ccccc2)c2cc(N)n[nH]2)cc1. The summed E-state index contributed by atoms with van der Waals surface area (Å²) in [5.74, 6) is 0.322. The molecule has 2 aromatic carbocycles. The van der Waals surface area contributed by atoms with Gasteiger partial charge < -0.3 is 5.73 Å². The Morgan fingerprint density at radius 3 is 2.40 bits per heavy atom. The van der Waals surface area contributed by atoms with Crippen LogP contribution in [0.25, 0.3) is 0 Å². The summed E-state index contributed by atoms with van der Waals surface area (Å²) < 4.78 is 28.2. The standard InChI is InChI=1S/C18H20N4O2S/c1-13-7-9-15(10-8-13)25(23,24)22-17(16-12-18(19)21-20-16)11-14-5-3-2-4-6-14/h2-10,12,17,22H,11H2,1H3,(H3,19,20,21). The molecule has 0 saturated heterocycles. The quantitative estimate of drug-likeness (QED) is 0.632. The minimum Gasteiger partial charge on any atom is -0.382 e. The van der Waals surface area contributed by atoms with Crippen molar-refractivity contribution in [2.24, 2.45) is 0 Å². The third kappa shape index (κ3) is 4.26. The second-order valence-electron chi connectivity index (χ2n) is 5.92. The summed E-state index contributed by atoms with van der Waals surface area (Å²) in [6.45, 7) is 1.91. The van der Waals surface area contributed by atoms with Crippen LogP contribution in [0.5, 0.6) is 0 Å². The summed E-state index contributed by atoms with van der Waals surface area (Å²) in [5, 5.41) is 6.72. The maximum atomic E-state index is 12.7. The first-order valence-corrected chi connectivity index (χ1v) is 9.36. The minimum absolute atomic E-state index is 0.226. The molecule has 0 fully saturated rings. The van der Waals surface area contributed by atoms with E-state index in [1.807, 2.05) is 37.3 Å². The van der Waals surface area contributed by atoms with Gasteiger partial charge in [-0.15, -0.1) is 0 Å². The summed E-state index contributed by atoms with van der Waals surface area (Å²) in [5.41, 5.74) is 8.31. The molecule has 0 aliphatic carbocycles. The molecule has 1 atom stereocenters. The first kappa shape index (κ1) is 17.2. The molecule has 0 bridgehead atoms. The summed E-state index contributed by atoms with van der Waals surface area (Å²) in [4.78, 5) is 0.226. The number of aryl methyl sites for hydroxylation is 1. The lowest BCUT2D eigenvalue weighted by Crippen LogP contribution is -2.30. The molecule has 0 aliphatic heterocycles. The molecular weight excluding hydrogens is 336 g/mol. The number of nitrogens with two attached hydrogens (primary N) is 1. The maximum absolute atomic E-state index is 12.7. The average molecular weight is 356 g/mol. The van der Waals surface area contributed by atoms with Crippen molar-refractivity contribution in [2.75, 3.05) is 5.73 Å². The van der Waals surface area contributed by atoms with Crippen molar-refractivity contribution in [1.82, 2.24) is 14.9 Å². The van der Waals surface area contributed by atoms with E-state index in [0.29, 0.717) is 17.9 Å². The molecule has 25 heavy (non-hydrogen) atoms. The molecule has 0 spiro atoms. The first-order chi connectivity index (χ1) is 11.9. The summed E-state index contributed by atoms with van der Waals surface area (Å²) in [6.07, 6.45) is 0.480. The van der Waals surface area contributed by atoms with Crippen molar-refractivity contribution in [3.05, 3.63) is 77.5 Å². The van der Waals surface area contributed by atoms with Gasteiger partial charge in [0.15, 0.2) is 0 Å². The minimum atomic E-state index is -3.67. The fourth-order valence-electron chi connectivity index (χ4n) is 2.57. The number of H-pyrrole nitrogens is 1. The van der Waals surface area contributed by atoms with Gasteiger partial charge in [0, 0.05) is 6.07 Å². The highest BCUT2D eigenvalue weighted by molar-refractivity contribution is 7.89. The van der Waals surface area contributed by atoms with Crippen molar-refractivity contribution in [1.29, 1.82) is 0 Å². The van der Waals surface area contributed by atoms with E-state index in [9.17, 15) is 8.42 Å². The van der Waals surface area contributed by atoms with Gasteiger partial charge in [-0.25, -0.2) is 13.1 Å². The molecule has 7 heteroatoms. The molecule has 0 aliphatic rings. The monoisotopic (exact) mass is 356 g/mol. The van der Waals surface area contributed by atoms with E-state index in [4.69, 9.17) is 5.73 Å². The Morgan fingerprint density at radius 1 is 1.12 bits per heavy atom. The van der Waals surface area contributed by atoms with Crippen LogP contribution in [0, 0.1) is 6.92 Å². The average Bonchev–Trinajstić information content (AvgIpc) is 3.02. The van der Waals surface area contributed by atoms with Gasteiger partial charge in [-0.1, -0.05) is 48.0 Å². The van der Waals surface area contributed by atoms with Crippen LogP contribution in [0.1, 0.15) is 22.9 Å². The van der Waals surface area contributed by atoms with Crippen LogP contribution in [0.4, 0.5) is 5.82 Å². The van der Waals surface area contributed by atoms with Crippen molar-refractivity contribution < 1.29 is 8.42 Å². The molecular formula is C18H20N4O2S. The van der Waals surface area contributed by atoms with E-state index < -0.39 is 16.1 Å². The largest absolute Gasteiger partial charge is 0.382 e. The lowest BCUT2D eigenvalue weighted by atomic mass is 10.0. The molecule has 3 rings (SSSR count). The van der Waals surface area contributed by atoms with Gasteiger partial charge in [0.1, 0.15) is 5.82 Å². The Kier molecular flexibility index (Phi) is 4.87. The van der Waals surface area contributed by atoms with Crippen molar-refractivity contribution in [2.45, 2.75) is 24.3 Å². The predicted octanol–water partition coefficient (Wildman–Crippen LogP) is 2.56. The fourth-order valence-corrected chi connectivity index (χ4v) is 3.78. The second-order valence-corrected chi connectivity index (χ2v) is 7.64. The zero-order valence-corrected chi connectivity index (χ0v) is 14.6. The maximum Gasteiger partial charge on any atom is 0.241 e. The second kappa shape index (κ2) is 7.08. The normalized spacial score (nSPS) is 12.8. The number of nitrogens with one attached hydrogen (secondary N) is 2. The number of hydrogen-bond donors (Lipinski definition) is 3. The number of nitrogen functional groups attached to an aromatic ring is 1. The van der Waals surface area contributed by atoms with Crippen LogP contribution in [-0.2, 0) is 16.4 Å². The number of aromatic nitrogens is 2. The van der Waals surface area contributed by atoms with Crippen LogP contribution in [-0.4, -0.2) is 18.6 Å². The van der Waals surface area contributed by atoms with Gasteiger partial charge in [0.25, 0.3) is 0 Å². The Bertz CT molecular complexity index is 935. The Morgan fingerprint density at radius 2 is 1.80 bits per heavy atom. The lowest BCUT2D eigenvalue weighted by Gasteiger charge is -2.18. The third-order valence-electron chi connectivity index (χ3n) is 3.90. The lowest BCUT2D eigenvalue weighted by molar-refractivity contribution is 0.549. The number of anilines is 1. The zero-order valence-electron chi connectivity index (χ0n) is 13.8. The third-order valence-corrected chi connectivity index (χ3v) is 5.39. The molecule has 3 aromatic rings. The van der Waals surface area contributed by atoms with Crippen LogP contribution in [0.2, 0.25) is 0 Å². The van der Waals surface area contributed by atoms with E-state index in [1.54, 1.807) is 30.3 Å². The summed E-state index contributed by atoms with van der Waals surface area (Å²) in [6, 6.07) is 17.5. The number of sulfonamides is 1. The van der Waals surface area contributed by atoms with E-state index in [2.05, 4.69) is 14.9 Å². The molecule has 0 amide bonds. The highest BCUT2D eigenvalue weighted by atomic mass is 32.2. The van der Waals surface area contributed by atoms with Crippen LogP contribution < -0.4 is 10.5 Å². The van der Waals surface area contributed by atoms with Crippen molar-refractivity contribution in [3.8, 4) is 0 Å². The highest BCUT2D eigenvalue weighted by Crippen LogP contribution is 2.21. The van der Waals surface area contributed by atoms with E-state index in [1.165, 1.54) is 0 Å².